The normalized spacial score (nSPS) is 17.0. The molecular formula is C18H25N3. The van der Waals surface area contributed by atoms with E-state index >= 15 is 0 Å². The van der Waals surface area contributed by atoms with Crippen molar-refractivity contribution in [1.29, 1.82) is 0 Å². The second-order valence-electron chi connectivity index (χ2n) is 6.28. The molecule has 0 radical (unpaired) electrons. The van der Waals surface area contributed by atoms with Crippen LogP contribution in [0.3, 0.4) is 0 Å². The number of nitrogens with zero attached hydrogens (tertiary/aromatic N) is 2. The van der Waals surface area contributed by atoms with Crippen LogP contribution in [0.25, 0.3) is 0 Å². The van der Waals surface area contributed by atoms with Crippen LogP contribution >= 0.6 is 0 Å². The maximum Gasteiger partial charge on any atom is 0.203 e. The molecular weight excluding hydrogens is 258 g/mol. The van der Waals surface area contributed by atoms with Gasteiger partial charge in [0.05, 0.1) is 5.69 Å². The molecule has 0 saturated heterocycles. The van der Waals surface area contributed by atoms with Gasteiger partial charge in [-0.05, 0) is 38.7 Å². The molecule has 1 aliphatic carbocycles. The van der Waals surface area contributed by atoms with Crippen molar-refractivity contribution in [3.63, 3.8) is 0 Å². The summed E-state index contributed by atoms with van der Waals surface area (Å²) < 4.78 is 2.31. The van der Waals surface area contributed by atoms with Gasteiger partial charge in [-0.1, -0.05) is 43.2 Å². The number of aryl methyl sites for hydroxylation is 1. The Balaban J connectivity index is 1.74. The molecule has 0 bridgehead atoms. The van der Waals surface area contributed by atoms with E-state index in [1.807, 2.05) is 0 Å². The van der Waals surface area contributed by atoms with Gasteiger partial charge >= 0.3 is 0 Å². The molecule has 2 aromatic rings. The Hall–Kier alpha value is -1.77. The molecule has 1 atom stereocenters. The molecule has 3 rings (SSSR count). The summed E-state index contributed by atoms with van der Waals surface area (Å²) in [4.78, 5) is 4.69. The van der Waals surface area contributed by atoms with Crippen molar-refractivity contribution >= 4 is 5.95 Å². The van der Waals surface area contributed by atoms with Crippen molar-refractivity contribution in [2.45, 2.75) is 58.0 Å². The van der Waals surface area contributed by atoms with Gasteiger partial charge in [-0.25, -0.2) is 4.98 Å². The molecule has 1 saturated carbocycles. The number of anilines is 1. The molecule has 1 fully saturated rings. The Morgan fingerprint density at radius 2 is 1.95 bits per heavy atom. The highest BCUT2D eigenvalue weighted by Gasteiger charge is 2.19. The van der Waals surface area contributed by atoms with Crippen LogP contribution in [-0.2, 0) is 6.42 Å². The lowest BCUT2D eigenvalue weighted by molar-refractivity contribution is 0.544. The van der Waals surface area contributed by atoms with Gasteiger partial charge in [0.1, 0.15) is 0 Å². The lowest BCUT2D eigenvalue weighted by atomic mass is 10.1. The molecule has 1 aromatic heterocycles. The Morgan fingerprint density at radius 1 is 1.24 bits per heavy atom. The van der Waals surface area contributed by atoms with E-state index in [2.05, 4.69) is 65.2 Å². The third-order valence-corrected chi connectivity index (χ3v) is 4.39. The Kier molecular flexibility index (Phi) is 4.28. The Morgan fingerprint density at radius 3 is 2.67 bits per heavy atom. The van der Waals surface area contributed by atoms with Gasteiger partial charge in [0, 0.05) is 18.3 Å². The predicted octanol–water partition coefficient (Wildman–Crippen LogP) is 4.35. The number of nitrogens with one attached hydrogen (secondary N) is 1. The van der Waals surface area contributed by atoms with Gasteiger partial charge in [-0.15, -0.1) is 0 Å². The van der Waals surface area contributed by atoms with Crippen LogP contribution in [0.2, 0.25) is 0 Å². The second kappa shape index (κ2) is 6.33. The van der Waals surface area contributed by atoms with Crippen LogP contribution in [0.15, 0.2) is 36.5 Å². The summed E-state index contributed by atoms with van der Waals surface area (Å²) in [5.74, 6) is 1.04. The molecule has 1 aromatic carbocycles. The van der Waals surface area contributed by atoms with E-state index < -0.39 is 0 Å². The summed E-state index contributed by atoms with van der Waals surface area (Å²) >= 11 is 0. The summed E-state index contributed by atoms with van der Waals surface area (Å²) in [5.41, 5.74) is 2.47. The molecule has 1 N–H and O–H groups in total. The summed E-state index contributed by atoms with van der Waals surface area (Å²) in [7, 11) is 0. The van der Waals surface area contributed by atoms with Crippen molar-refractivity contribution < 1.29 is 0 Å². The Bertz CT molecular complexity index is 567. The van der Waals surface area contributed by atoms with E-state index in [1.54, 1.807) is 0 Å². The van der Waals surface area contributed by atoms with Gasteiger partial charge in [0.2, 0.25) is 5.95 Å². The quantitative estimate of drug-likeness (QED) is 0.884. The van der Waals surface area contributed by atoms with Crippen molar-refractivity contribution in [2.24, 2.45) is 0 Å². The SMILES string of the molecule is Cc1cn(C(C)Cc2ccccc2)c(NC2CCCC2)n1. The van der Waals surface area contributed by atoms with Crippen molar-refractivity contribution in [3.05, 3.63) is 47.8 Å². The minimum atomic E-state index is 0.414. The zero-order valence-corrected chi connectivity index (χ0v) is 13.0. The van der Waals surface area contributed by atoms with Crippen LogP contribution in [0.5, 0.6) is 0 Å². The number of rotatable bonds is 5. The highest BCUT2D eigenvalue weighted by atomic mass is 15.2. The Labute approximate surface area is 127 Å². The fraction of sp³-hybridized carbons (Fsp3) is 0.500. The minimum absolute atomic E-state index is 0.414. The third kappa shape index (κ3) is 3.46. The molecule has 112 valence electrons. The second-order valence-corrected chi connectivity index (χ2v) is 6.28. The molecule has 0 amide bonds. The predicted molar refractivity (Wildman–Crippen MR) is 87.7 cm³/mol. The largest absolute Gasteiger partial charge is 0.353 e. The maximum absolute atomic E-state index is 4.69. The van der Waals surface area contributed by atoms with Crippen molar-refractivity contribution in [2.75, 3.05) is 5.32 Å². The first-order valence-electron chi connectivity index (χ1n) is 8.08. The molecule has 1 heterocycles. The molecule has 3 heteroatoms. The molecule has 1 aliphatic rings. The standard InChI is InChI=1S/C18H25N3/c1-14-13-21(15(2)12-16-8-4-3-5-9-16)18(19-14)20-17-10-6-7-11-17/h3-5,8-9,13,15,17H,6-7,10-12H2,1-2H3,(H,19,20). The number of imidazole rings is 1. The zero-order chi connectivity index (χ0) is 14.7. The fourth-order valence-electron chi connectivity index (χ4n) is 3.27. The van der Waals surface area contributed by atoms with E-state index in [0.717, 1.165) is 18.1 Å². The van der Waals surface area contributed by atoms with E-state index in [9.17, 15) is 0 Å². The highest BCUT2D eigenvalue weighted by Crippen LogP contribution is 2.25. The first-order chi connectivity index (χ1) is 10.2. The zero-order valence-electron chi connectivity index (χ0n) is 13.0. The van der Waals surface area contributed by atoms with Gasteiger partial charge in [-0.2, -0.15) is 0 Å². The lowest BCUT2D eigenvalue weighted by Crippen LogP contribution is -2.20. The van der Waals surface area contributed by atoms with Gasteiger partial charge < -0.3 is 9.88 Å². The number of hydrogen-bond donors (Lipinski definition) is 1. The van der Waals surface area contributed by atoms with Crippen LogP contribution in [0.1, 0.15) is 49.9 Å². The van der Waals surface area contributed by atoms with Gasteiger partial charge in [0.15, 0.2) is 0 Å². The number of hydrogen-bond acceptors (Lipinski definition) is 2. The van der Waals surface area contributed by atoms with E-state index in [-0.39, 0.29) is 0 Å². The minimum Gasteiger partial charge on any atom is -0.353 e. The summed E-state index contributed by atoms with van der Waals surface area (Å²) in [6.07, 6.45) is 8.45. The van der Waals surface area contributed by atoms with E-state index in [0.29, 0.717) is 12.1 Å². The smallest absolute Gasteiger partial charge is 0.203 e. The van der Waals surface area contributed by atoms with E-state index in [1.165, 1.54) is 31.2 Å². The summed E-state index contributed by atoms with van der Waals surface area (Å²) in [5, 5.41) is 3.65. The first kappa shape index (κ1) is 14.2. The summed E-state index contributed by atoms with van der Waals surface area (Å²) in [6, 6.07) is 11.7. The van der Waals surface area contributed by atoms with Crippen LogP contribution in [0.4, 0.5) is 5.95 Å². The number of aromatic nitrogens is 2. The lowest BCUT2D eigenvalue weighted by Gasteiger charge is -2.19. The van der Waals surface area contributed by atoms with Crippen molar-refractivity contribution in [3.8, 4) is 0 Å². The average Bonchev–Trinajstić information content (AvgIpc) is 3.10. The van der Waals surface area contributed by atoms with Gasteiger partial charge in [-0.3, -0.25) is 0 Å². The first-order valence-corrected chi connectivity index (χ1v) is 8.08. The summed E-state index contributed by atoms with van der Waals surface area (Å²) in [6.45, 7) is 4.35. The maximum atomic E-state index is 4.69. The van der Waals surface area contributed by atoms with Crippen LogP contribution < -0.4 is 5.32 Å². The number of benzene rings is 1. The van der Waals surface area contributed by atoms with Crippen LogP contribution in [-0.4, -0.2) is 15.6 Å². The monoisotopic (exact) mass is 283 g/mol. The highest BCUT2D eigenvalue weighted by molar-refractivity contribution is 5.32. The molecule has 21 heavy (non-hydrogen) atoms. The third-order valence-electron chi connectivity index (χ3n) is 4.39. The van der Waals surface area contributed by atoms with Crippen LogP contribution in [0, 0.1) is 6.92 Å². The average molecular weight is 283 g/mol. The topological polar surface area (TPSA) is 29.9 Å². The van der Waals surface area contributed by atoms with Crippen molar-refractivity contribution in [1.82, 2.24) is 9.55 Å². The molecule has 3 nitrogen and oxygen atoms in total. The molecule has 0 aliphatic heterocycles. The van der Waals surface area contributed by atoms with E-state index in [4.69, 9.17) is 0 Å². The molecule has 0 spiro atoms. The fourth-order valence-corrected chi connectivity index (χ4v) is 3.27. The molecule has 1 unspecified atom stereocenters. The van der Waals surface area contributed by atoms with Gasteiger partial charge in [0.25, 0.3) is 0 Å².